The van der Waals surface area contributed by atoms with Crippen molar-refractivity contribution in [3.63, 3.8) is 0 Å². The minimum Gasteiger partial charge on any atom is -0.408 e. The number of nitrogens with zero attached hydrogens (tertiary/aromatic N) is 5. The molecule has 1 fully saturated rings. The normalized spacial score (nSPS) is 16.8. The first-order chi connectivity index (χ1) is 14.2. The fourth-order valence-electron chi connectivity index (χ4n) is 3.56. The van der Waals surface area contributed by atoms with Crippen LogP contribution in [0.25, 0.3) is 5.65 Å². The van der Waals surface area contributed by atoms with E-state index in [1.54, 1.807) is 35.1 Å². The number of nitrogens with one attached hydrogen (secondary N) is 1. The fraction of sp³-hybridized carbons (Fsp3) is 0.368. The van der Waals surface area contributed by atoms with Gasteiger partial charge >= 0.3 is 6.09 Å². The number of rotatable bonds is 5. The van der Waals surface area contributed by atoms with Crippen molar-refractivity contribution in [3.8, 4) is 5.75 Å². The number of carbonyl (C=O) groups is 1. The van der Waals surface area contributed by atoms with Gasteiger partial charge in [-0.1, -0.05) is 0 Å². The number of aliphatic hydroxyl groups excluding tert-OH is 1. The van der Waals surface area contributed by atoms with E-state index in [0.29, 0.717) is 23.6 Å². The van der Waals surface area contributed by atoms with Crippen LogP contribution in [0.2, 0.25) is 0 Å². The molecule has 9 nitrogen and oxygen atoms in total. The summed E-state index contributed by atoms with van der Waals surface area (Å²) in [6.07, 6.45) is 7.92. The van der Waals surface area contributed by atoms with Gasteiger partial charge in [-0.2, -0.15) is 9.61 Å². The molecule has 4 rings (SSSR count). The highest BCUT2D eigenvalue weighted by molar-refractivity contribution is 9.10. The van der Waals surface area contributed by atoms with Crippen LogP contribution >= 0.6 is 15.9 Å². The average Bonchev–Trinajstić information content (AvgIpc) is 3.10. The Morgan fingerprint density at radius 3 is 3.07 bits per heavy atom. The number of anilines is 2. The lowest BCUT2D eigenvalue weighted by molar-refractivity contribution is 0.215. The number of aromatic nitrogens is 4. The molecule has 1 aliphatic heterocycles. The highest BCUT2D eigenvalue weighted by Gasteiger charge is 2.25. The molecule has 10 heteroatoms. The zero-order valence-electron chi connectivity index (χ0n) is 15.7. The summed E-state index contributed by atoms with van der Waals surface area (Å²) in [7, 11) is 0. The van der Waals surface area contributed by atoms with E-state index in [2.05, 4.69) is 36.2 Å². The molecule has 2 N–H and O–H groups in total. The molecular weight excluding hydrogens is 440 g/mol. The van der Waals surface area contributed by atoms with Gasteiger partial charge in [0.1, 0.15) is 11.6 Å². The van der Waals surface area contributed by atoms with E-state index >= 15 is 0 Å². The first kappa shape index (κ1) is 19.6. The Kier molecular flexibility index (Phi) is 5.91. The lowest BCUT2D eigenvalue weighted by Gasteiger charge is -2.36. The maximum Gasteiger partial charge on any atom is 0.418 e. The third kappa shape index (κ3) is 4.33. The molecule has 0 aromatic carbocycles. The van der Waals surface area contributed by atoms with Crippen molar-refractivity contribution in [3.05, 3.63) is 41.3 Å². The van der Waals surface area contributed by atoms with Crippen molar-refractivity contribution in [2.75, 3.05) is 23.4 Å². The number of aliphatic hydroxyl groups is 1. The van der Waals surface area contributed by atoms with E-state index in [4.69, 9.17) is 9.72 Å². The summed E-state index contributed by atoms with van der Waals surface area (Å²) in [4.78, 5) is 23.3. The Morgan fingerprint density at radius 2 is 2.28 bits per heavy atom. The lowest BCUT2D eigenvalue weighted by Crippen LogP contribution is -2.40. The molecule has 29 heavy (non-hydrogen) atoms. The fourth-order valence-corrected chi connectivity index (χ4v) is 3.90. The molecule has 1 unspecified atom stereocenters. The summed E-state index contributed by atoms with van der Waals surface area (Å²) < 4.78 is 7.55. The van der Waals surface area contributed by atoms with Crippen molar-refractivity contribution >= 4 is 39.3 Å². The Morgan fingerprint density at radius 1 is 1.38 bits per heavy atom. The van der Waals surface area contributed by atoms with Crippen LogP contribution in [0.1, 0.15) is 25.7 Å². The Hall–Kier alpha value is -2.72. The van der Waals surface area contributed by atoms with E-state index < -0.39 is 6.09 Å². The smallest absolute Gasteiger partial charge is 0.408 e. The number of hydrogen-bond donors (Lipinski definition) is 2. The first-order valence-corrected chi connectivity index (χ1v) is 10.3. The van der Waals surface area contributed by atoms with E-state index in [-0.39, 0.29) is 12.6 Å². The molecule has 0 bridgehead atoms. The SMILES string of the molecule is O=C(Nc1cc(N2CCCCC2CCO)nc2c(Br)cnn12)Oc1cccnc1. The molecule has 0 aliphatic carbocycles. The third-order valence-electron chi connectivity index (χ3n) is 4.87. The summed E-state index contributed by atoms with van der Waals surface area (Å²) in [6.45, 7) is 0.974. The largest absolute Gasteiger partial charge is 0.418 e. The van der Waals surface area contributed by atoms with E-state index in [9.17, 15) is 9.90 Å². The highest BCUT2D eigenvalue weighted by Crippen LogP contribution is 2.29. The van der Waals surface area contributed by atoms with Crippen LogP contribution in [0.4, 0.5) is 16.4 Å². The molecule has 3 aromatic heterocycles. The van der Waals surface area contributed by atoms with Crippen LogP contribution in [0, 0.1) is 0 Å². The monoisotopic (exact) mass is 460 g/mol. The number of piperidine rings is 1. The van der Waals surface area contributed by atoms with E-state index in [1.165, 1.54) is 6.20 Å². The number of carbonyl (C=O) groups excluding carboxylic acids is 1. The Balaban J connectivity index is 1.65. The number of hydrogen-bond acceptors (Lipinski definition) is 7. The molecule has 0 radical (unpaired) electrons. The van der Waals surface area contributed by atoms with Crippen LogP contribution in [0.3, 0.4) is 0 Å². The highest BCUT2D eigenvalue weighted by atomic mass is 79.9. The standard InChI is InChI=1S/C19H21BrN6O3/c20-15-12-22-26-17(24-19(28)29-14-5-3-7-21-11-14)10-16(23-18(15)26)25-8-2-1-4-13(25)6-9-27/h3,5,7,10-13,27H,1-2,4,6,8-9H2,(H,24,28). The second kappa shape index (κ2) is 8.75. The minimum absolute atomic E-state index is 0.127. The van der Waals surface area contributed by atoms with Gasteiger partial charge < -0.3 is 14.7 Å². The minimum atomic E-state index is -0.645. The second-order valence-electron chi connectivity index (χ2n) is 6.79. The zero-order valence-corrected chi connectivity index (χ0v) is 17.2. The zero-order chi connectivity index (χ0) is 20.2. The van der Waals surface area contributed by atoms with Crippen molar-refractivity contribution in [2.45, 2.75) is 31.7 Å². The molecule has 152 valence electrons. The van der Waals surface area contributed by atoms with Gasteiger partial charge in [-0.05, 0) is 53.7 Å². The molecule has 0 spiro atoms. The lowest BCUT2D eigenvalue weighted by atomic mass is 10.00. The van der Waals surface area contributed by atoms with Crippen molar-refractivity contribution in [1.82, 2.24) is 19.6 Å². The molecule has 1 atom stereocenters. The summed E-state index contributed by atoms with van der Waals surface area (Å²) in [5, 5.41) is 16.5. The van der Waals surface area contributed by atoms with Gasteiger partial charge in [0.25, 0.3) is 0 Å². The topological polar surface area (TPSA) is 105 Å². The van der Waals surface area contributed by atoms with Crippen LogP contribution in [0.15, 0.2) is 41.3 Å². The van der Waals surface area contributed by atoms with Gasteiger partial charge in [-0.25, -0.2) is 9.78 Å². The molecule has 1 saturated heterocycles. The molecular formula is C19H21BrN6O3. The molecule has 4 heterocycles. The maximum absolute atomic E-state index is 12.4. The van der Waals surface area contributed by atoms with Gasteiger partial charge in [0.2, 0.25) is 0 Å². The summed E-state index contributed by atoms with van der Waals surface area (Å²) >= 11 is 3.47. The van der Waals surface area contributed by atoms with Crippen LogP contribution in [-0.4, -0.2) is 50.0 Å². The van der Waals surface area contributed by atoms with E-state index in [1.807, 2.05) is 0 Å². The predicted molar refractivity (Wildman–Crippen MR) is 111 cm³/mol. The van der Waals surface area contributed by atoms with E-state index in [0.717, 1.165) is 36.1 Å². The van der Waals surface area contributed by atoms with Gasteiger partial charge in [-0.15, -0.1) is 0 Å². The van der Waals surface area contributed by atoms with Gasteiger partial charge in [0.15, 0.2) is 11.4 Å². The van der Waals surface area contributed by atoms with Crippen LogP contribution < -0.4 is 15.0 Å². The van der Waals surface area contributed by atoms with Gasteiger partial charge in [0.05, 0.1) is 16.9 Å². The molecule has 1 amide bonds. The quantitative estimate of drug-likeness (QED) is 0.601. The van der Waals surface area contributed by atoms with Gasteiger partial charge in [0, 0.05) is 31.5 Å². The van der Waals surface area contributed by atoms with Crippen molar-refractivity contribution < 1.29 is 14.6 Å². The number of ether oxygens (including phenoxy) is 1. The Labute approximate surface area is 175 Å². The van der Waals surface area contributed by atoms with Crippen molar-refractivity contribution in [2.24, 2.45) is 0 Å². The maximum atomic E-state index is 12.4. The summed E-state index contributed by atoms with van der Waals surface area (Å²) in [5.74, 6) is 1.52. The number of fused-ring (bicyclic) bond motifs is 1. The summed E-state index contributed by atoms with van der Waals surface area (Å²) in [6, 6.07) is 5.33. The van der Waals surface area contributed by atoms with Crippen molar-refractivity contribution in [1.29, 1.82) is 0 Å². The molecule has 3 aromatic rings. The average molecular weight is 461 g/mol. The number of pyridine rings is 1. The second-order valence-corrected chi connectivity index (χ2v) is 7.64. The summed E-state index contributed by atoms with van der Waals surface area (Å²) in [5.41, 5.74) is 0.590. The molecule has 0 saturated carbocycles. The van der Waals surface area contributed by atoms with Crippen LogP contribution in [0.5, 0.6) is 5.75 Å². The number of amides is 1. The first-order valence-electron chi connectivity index (χ1n) is 9.46. The predicted octanol–water partition coefficient (Wildman–Crippen LogP) is 3.24. The third-order valence-corrected chi connectivity index (χ3v) is 5.43. The van der Waals surface area contributed by atoms with Gasteiger partial charge in [-0.3, -0.25) is 10.3 Å². The van der Waals surface area contributed by atoms with Crippen LogP contribution in [-0.2, 0) is 0 Å². The number of halogens is 1. The molecule has 1 aliphatic rings. The Bertz CT molecular complexity index is 994.